The van der Waals surface area contributed by atoms with Gasteiger partial charge in [0.25, 0.3) is 0 Å². The van der Waals surface area contributed by atoms with Crippen LogP contribution in [0.5, 0.6) is 17.2 Å². The number of aldehydes is 1. The average molecular weight is 412 g/mol. The first-order valence-corrected chi connectivity index (χ1v) is 11.1. The van der Waals surface area contributed by atoms with E-state index in [0.717, 1.165) is 24.9 Å². The Bertz CT molecular complexity index is 834. The molecule has 0 spiro atoms. The van der Waals surface area contributed by atoms with Gasteiger partial charge in [-0.05, 0) is 61.6 Å². The van der Waals surface area contributed by atoms with Gasteiger partial charge >= 0.3 is 0 Å². The summed E-state index contributed by atoms with van der Waals surface area (Å²) in [6.45, 7) is 6.17. The number of rotatable bonds is 9. The largest absolute Gasteiger partial charge is 0.508 e. The van der Waals surface area contributed by atoms with Gasteiger partial charge in [-0.3, -0.25) is 9.69 Å². The second-order valence-corrected chi connectivity index (χ2v) is 8.12. The second-order valence-electron chi connectivity index (χ2n) is 8.12. The van der Waals surface area contributed by atoms with Crippen molar-refractivity contribution in [1.29, 1.82) is 0 Å². The molecule has 0 aliphatic carbocycles. The quantitative estimate of drug-likeness (QED) is 0.542. The number of hydrogen-bond acceptors (Lipinski definition) is 5. The van der Waals surface area contributed by atoms with E-state index in [1.165, 1.54) is 31.7 Å². The van der Waals surface area contributed by atoms with Gasteiger partial charge in [0.2, 0.25) is 0 Å². The SMILES string of the molecule is CCCC(CC)N1CCCCC1COc1cc(O)c(C=O)c(-c2ccc(O)cc2)c1. The first-order chi connectivity index (χ1) is 14.6. The molecular weight excluding hydrogens is 378 g/mol. The Morgan fingerprint density at radius 1 is 1.17 bits per heavy atom. The molecule has 1 aliphatic heterocycles. The smallest absolute Gasteiger partial charge is 0.154 e. The van der Waals surface area contributed by atoms with Crippen LogP contribution in [-0.2, 0) is 0 Å². The van der Waals surface area contributed by atoms with Crippen molar-refractivity contribution in [1.82, 2.24) is 4.90 Å². The molecule has 1 aliphatic rings. The normalized spacial score (nSPS) is 18.1. The van der Waals surface area contributed by atoms with Gasteiger partial charge in [0.05, 0.1) is 5.56 Å². The van der Waals surface area contributed by atoms with Gasteiger partial charge in [-0.15, -0.1) is 0 Å². The van der Waals surface area contributed by atoms with Crippen LogP contribution in [0.2, 0.25) is 0 Å². The van der Waals surface area contributed by atoms with Crippen LogP contribution in [0.4, 0.5) is 0 Å². The Morgan fingerprint density at radius 2 is 1.93 bits per heavy atom. The molecule has 30 heavy (non-hydrogen) atoms. The van der Waals surface area contributed by atoms with E-state index in [9.17, 15) is 15.0 Å². The molecular formula is C25H33NO4. The number of likely N-dealkylation sites (tertiary alicyclic amines) is 1. The van der Waals surface area contributed by atoms with Gasteiger partial charge in [-0.25, -0.2) is 0 Å². The van der Waals surface area contributed by atoms with E-state index in [0.29, 0.717) is 36.3 Å². The molecule has 2 aromatic carbocycles. The van der Waals surface area contributed by atoms with Crippen LogP contribution in [0, 0.1) is 0 Å². The number of ether oxygens (including phenoxy) is 1. The summed E-state index contributed by atoms with van der Waals surface area (Å²) in [6.07, 6.45) is 7.73. The minimum atomic E-state index is -0.0940. The highest BCUT2D eigenvalue weighted by molar-refractivity contribution is 5.91. The molecule has 3 rings (SSSR count). The van der Waals surface area contributed by atoms with Crippen molar-refractivity contribution in [3.05, 3.63) is 42.0 Å². The summed E-state index contributed by atoms with van der Waals surface area (Å²) in [7, 11) is 0. The van der Waals surface area contributed by atoms with E-state index >= 15 is 0 Å². The number of nitrogens with zero attached hydrogens (tertiary/aromatic N) is 1. The highest BCUT2D eigenvalue weighted by atomic mass is 16.5. The third kappa shape index (κ3) is 5.14. The first-order valence-electron chi connectivity index (χ1n) is 11.1. The lowest BCUT2D eigenvalue weighted by Crippen LogP contribution is -2.48. The Balaban J connectivity index is 1.80. The third-order valence-electron chi connectivity index (χ3n) is 6.11. The number of carbonyl (C=O) groups excluding carboxylic acids is 1. The molecule has 0 saturated carbocycles. The predicted octanol–water partition coefficient (Wildman–Crippen LogP) is 5.39. The fourth-order valence-corrected chi connectivity index (χ4v) is 4.51. The van der Waals surface area contributed by atoms with Crippen LogP contribution in [0.25, 0.3) is 11.1 Å². The third-order valence-corrected chi connectivity index (χ3v) is 6.11. The number of phenolic OH excluding ortho intramolecular Hbond substituents is 2. The molecule has 2 atom stereocenters. The zero-order valence-corrected chi connectivity index (χ0v) is 18.0. The summed E-state index contributed by atoms with van der Waals surface area (Å²) in [5, 5.41) is 19.9. The molecule has 2 aromatic rings. The predicted molar refractivity (Wildman–Crippen MR) is 119 cm³/mol. The van der Waals surface area contributed by atoms with Crippen molar-refractivity contribution in [2.45, 2.75) is 64.5 Å². The number of aromatic hydroxyl groups is 2. The number of phenols is 2. The highest BCUT2D eigenvalue weighted by Crippen LogP contribution is 2.35. The average Bonchev–Trinajstić information content (AvgIpc) is 2.76. The summed E-state index contributed by atoms with van der Waals surface area (Å²) in [5.41, 5.74) is 1.56. The van der Waals surface area contributed by atoms with Crippen LogP contribution in [0.3, 0.4) is 0 Å². The maximum absolute atomic E-state index is 11.6. The fraction of sp³-hybridized carbons (Fsp3) is 0.480. The van der Waals surface area contributed by atoms with Gasteiger partial charge in [0, 0.05) is 18.2 Å². The van der Waals surface area contributed by atoms with E-state index < -0.39 is 0 Å². The first kappa shape index (κ1) is 22.2. The summed E-state index contributed by atoms with van der Waals surface area (Å²) in [5.74, 6) is 0.608. The van der Waals surface area contributed by atoms with Gasteiger partial charge < -0.3 is 14.9 Å². The molecule has 0 radical (unpaired) electrons. The van der Waals surface area contributed by atoms with E-state index in [2.05, 4.69) is 18.7 Å². The maximum Gasteiger partial charge on any atom is 0.154 e. The molecule has 1 fully saturated rings. The van der Waals surface area contributed by atoms with E-state index in [4.69, 9.17) is 4.74 Å². The highest BCUT2D eigenvalue weighted by Gasteiger charge is 2.28. The minimum absolute atomic E-state index is 0.0940. The summed E-state index contributed by atoms with van der Waals surface area (Å²) in [6, 6.07) is 10.8. The maximum atomic E-state index is 11.6. The zero-order chi connectivity index (χ0) is 21.5. The van der Waals surface area contributed by atoms with Crippen molar-refractivity contribution in [2.75, 3.05) is 13.2 Å². The Hall–Kier alpha value is -2.53. The van der Waals surface area contributed by atoms with Crippen molar-refractivity contribution >= 4 is 6.29 Å². The van der Waals surface area contributed by atoms with Crippen LogP contribution < -0.4 is 4.74 Å². The monoisotopic (exact) mass is 411 g/mol. The molecule has 0 bridgehead atoms. The summed E-state index contributed by atoms with van der Waals surface area (Å²) in [4.78, 5) is 14.2. The molecule has 162 valence electrons. The topological polar surface area (TPSA) is 70.0 Å². The lowest BCUT2D eigenvalue weighted by atomic mass is 9.97. The Kier molecular flexibility index (Phi) is 7.75. The van der Waals surface area contributed by atoms with Crippen LogP contribution in [0.1, 0.15) is 62.7 Å². The van der Waals surface area contributed by atoms with E-state index in [-0.39, 0.29) is 17.1 Å². The fourth-order valence-electron chi connectivity index (χ4n) is 4.51. The number of hydrogen-bond donors (Lipinski definition) is 2. The molecule has 5 nitrogen and oxygen atoms in total. The van der Waals surface area contributed by atoms with Gasteiger partial charge in [0.1, 0.15) is 23.9 Å². The molecule has 1 saturated heterocycles. The minimum Gasteiger partial charge on any atom is -0.508 e. The van der Waals surface area contributed by atoms with Crippen molar-refractivity contribution in [3.8, 4) is 28.4 Å². The van der Waals surface area contributed by atoms with Crippen molar-refractivity contribution in [3.63, 3.8) is 0 Å². The van der Waals surface area contributed by atoms with Gasteiger partial charge in [0.15, 0.2) is 6.29 Å². The van der Waals surface area contributed by atoms with E-state index in [1.807, 2.05) is 0 Å². The van der Waals surface area contributed by atoms with Crippen LogP contribution in [0.15, 0.2) is 36.4 Å². The van der Waals surface area contributed by atoms with Crippen molar-refractivity contribution < 1.29 is 19.7 Å². The lowest BCUT2D eigenvalue weighted by molar-refractivity contribution is 0.0545. The van der Waals surface area contributed by atoms with Gasteiger partial charge in [-0.2, -0.15) is 0 Å². The molecule has 0 aromatic heterocycles. The molecule has 0 amide bonds. The number of benzene rings is 2. The summed E-state index contributed by atoms with van der Waals surface area (Å²) < 4.78 is 6.15. The second kappa shape index (κ2) is 10.5. The lowest BCUT2D eigenvalue weighted by Gasteiger charge is -2.41. The van der Waals surface area contributed by atoms with Crippen molar-refractivity contribution in [2.24, 2.45) is 0 Å². The molecule has 1 heterocycles. The van der Waals surface area contributed by atoms with E-state index in [1.54, 1.807) is 30.3 Å². The van der Waals surface area contributed by atoms with Gasteiger partial charge in [-0.1, -0.05) is 38.8 Å². The van der Waals surface area contributed by atoms with Crippen LogP contribution >= 0.6 is 0 Å². The number of carbonyl (C=O) groups is 1. The Morgan fingerprint density at radius 3 is 2.60 bits per heavy atom. The summed E-state index contributed by atoms with van der Waals surface area (Å²) >= 11 is 0. The molecule has 2 unspecified atom stereocenters. The molecule has 5 heteroatoms. The molecule has 2 N–H and O–H groups in total. The van der Waals surface area contributed by atoms with Crippen LogP contribution in [-0.4, -0.2) is 46.6 Å². The Labute approximate surface area is 179 Å². The number of piperidine rings is 1. The standard InChI is InChI=1S/C25H33NO4/c1-3-7-19(4-2)26-13-6-5-8-20(26)17-30-22-14-23(24(16-27)25(29)15-22)18-9-11-21(28)12-10-18/h9-12,14-16,19-20,28-29H,3-8,13,17H2,1-2H3. The zero-order valence-electron chi connectivity index (χ0n) is 18.0.